The maximum absolute atomic E-state index is 5.87. The van der Waals surface area contributed by atoms with Gasteiger partial charge in [-0.15, -0.1) is 0 Å². The molecule has 0 aromatic carbocycles. The molecule has 0 spiro atoms. The van der Waals surface area contributed by atoms with Crippen LogP contribution in [0.2, 0.25) is 5.02 Å². The monoisotopic (exact) mass is 188 g/mol. The number of halogens is 1. The molecule has 0 saturated carbocycles. The lowest BCUT2D eigenvalue weighted by molar-refractivity contribution is 0.341. The predicted octanol–water partition coefficient (Wildman–Crippen LogP) is 2.67. The lowest BCUT2D eigenvalue weighted by Gasteiger charge is -2.11. The molecule has 0 bridgehead atoms. The minimum atomic E-state index is 0.252. The average Bonchev–Trinajstić information content (AvgIpc) is 2.32. The third kappa shape index (κ3) is 1.55. The van der Waals surface area contributed by atoms with E-state index in [1.807, 2.05) is 6.92 Å². The van der Waals surface area contributed by atoms with Crippen molar-refractivity contribution < 1.29 is 4.52 Å². The van der Waals surface area contributed by atoms with Crippen LogP contribution in [0.1, 0.15) is 32.4 Å². The first-order valence-corrected chi connectivity index (χ1v) is 4.32. The summed E-state index contributed by atoms with van der Waals surface area (Å²) < 4.78 is 5.01. The van der Waals surface area contributed by atoms with Crippen LogP contribution in [-0.4, -0.2) is 5.16 Å². The summed E-state index contributed by atoms with van der Waals surface area (Å²) in [6.07, 6.45) is 0. The van der Waals surface area contributed by atoms with E-state index >= 15 is 0 Å². The molecule has 0 aliphatic carbocycles. The van der Waals surface area contributed by atoms with Gasteiger partial charge in [0.25, 0.3) is 0 Å². The molecule has 68 valence electrons. The van der Waals surface area contributed by atoms with Gasteiger partial charge in [0.15, 0.2) is 11.6 Å². The molecule has 4 heteroatoms. The van der Waals surface area contributed by atoms with E-state index in [1.165, 1.54) is 0 Å². The first kappa shape index (κ1) is 9.39. The van der Waals surface area contributed by atoms with Gasteiger partial charge in [0.1, 0.15) is 5.02 Å². The molecular formula is C8H13ClN2O. The van der Waals surface area contributed by atoms with Gasteiger partial charge in [0.05, 0.1) is 0 Å². The van der Waals surface area contributed by atoms with Gasteiger partial charge in [0, 0.05) is 5.92 Å². The van der Waals surface area contributed by atoms with E-state index < -0.39 is 0 Å². The Balaban J connectivity index is 2.95. The van der Waals surface area contributed by atoms with Crippen LogP contribution < -0.4 is 5.73 Å². The molecule has 0 fully saturated rings. The zero-order valence-corrected chi connectivity index (χ0v) is 8.22. The summed E-state index contributed by atoms with van der Waals surface area (Å²) >= 11 is 5.87. The van der Waals surface area contributed by atoms with Gasteiger partial charge >= 0.3 is 0 Å². The molecule has 0 aliphatic heterocycles. The number of nitrogen functional groups attached to an aromatic ring is 1. The zero-order chi connectivity index (χ0) is 9.30. The fraction of sp³-hybridized carbons (Fsp3) is 0.625. The van der Waals surface area contributed by atoms with E-state index in [0.717, 1.165) is 0 Å². The van der Waals surface area contributed by atoms with Crippen molar-refractivity contribution in [1.29, 1.82) is 0 Å². The molecule has 1 atom stereocenters. The second-order valence-corrected chi connectivity index (χ2v) is 3.66. The Bertz CT molecular complexity index is 270. The first-order valence-electron chi connectivity index (χ1n) is 3.94. The van der Waals surface area contributed by atoms with Gasteiger partial charge in [-0.1, -0.05) is 37.5 Å². The van der Waals surface area contributed by atoms with Crippen LogP contribution in [0.15, 0.2) is 4.52 Å². The van der Waals surface area contributed by atoms with E-state index in [4.69, 9.17) is 21.9 Å². The van der Waals surface area contributed by atoms with E-state index in [-0.39, 0.29) is 11.7 Å². The third-order valence-corrected chi connectivity index (χ3v) is 2.48. The molecule has 1 heterocycles. The van der Waals surface area contributed by atoms with Crippen molar-refractivity contribution in [2.24, 2.45) is 5.92 Å². The quantitative estimate of drug-likeness (QED) is 0.777. The van der Waals surface area contributed by atoms with E-state index in [1.54, 1.807) is 0 Å². The Morgan fingerprint density at radius 2 is 2.00 bits per heavy atom. The number of aromatic nitrogens is 1. The van der Waals surface area contributed by atoms with E-state index in [0.29, 0.717) is 16.7 Å². The van der Waals surface area contributed by atoms with Crippen molar-refractivity contribution in [3.05, 3.63) is 10.8 Å². The highest BCUT2D eigenvalue weighted by atomic mass is 35.5. The predicted molar refractivity (Wildman–Crippen MR) is 49.2 cm³/mol. The van der Waals surface area contributed by atoms with Gasteiger partial charge in [-0.2, -0.15) is 0 Å². The lowest BCUT2D eigenvalue weighted by Crippen LogP contribution is -2.01. The van der Waals surface area contributed by atoms with Gasteiger partial charge in [-0.05, 0) is 5.92 Å². The summed E-state index contributed by atoms with van der Waals surface area (Å²) in [7, 11) is 0. The highest BCUT2D eigenvalue weighted by Crippen LogP contribution is 2.32. The van der Waals surface area contributed by atoms with Crippen LogP contribution in [0.25, 0.3) is 0 Å². The first-order chi connectivity index (χ1) is 5.54. The Kier molecular flexibility index (Phi) is 2.62. The van der Waals surface area contributed by atoms with Crippen molar-refractivity contribution in [1.82, 2.24) is 5.16 Å². The van der Waals surface area contributed by atoms with Crippen molar-refractivity contribution in [3.8, 4) is 0 Å². The minimum Gasteiger partial charge on any atom is -0.380 e. The number of hydrogen-bond donors (Lipinski definition) is 1. The third-order valence-electron chi connectivity index (χ3n) is 2.10. The van der Waals surface area contributed by atoms with Crippen LogP contribution in [0, 0.1) is 5.92 Å². The summed E-state index contributed by atoms with van der Waals surface area (Å²) in [5, 5.41) is 4.05. The maximum Gasteiger partial charge on any atom is 0.186 e. The van der Waals surface area contributed by atoms with Crippen LogP contribution in [0.4, 0.5) is 5.82 Å². The number of anilines is 1. The average molecular weight is 189 g/mol. The maximum atomic E-state index is 5.87. The fourth-order valence-corrected chi connectivity index (χ4v) is 1.13. The Labute approximate surface area is 76.9 Å². The molecular weight excluding hydrogens is 176 g/mol. The van der Waals surface area contributed by atoms with Crippen molar-refractivity contribution in [2.75, 3.05) is 5.73 Å². The van der Waals surface area contributed by atoms with Crippen molar-refractivity contribution >= 4 is 17.4 Å². The van der Waals surface area contributed by atoms with Gasteiger partial charge in [-0.3, -0.25) is 0 Å². The van der Waals surface area contributed by atoms with Crippen LogP contribution in [0.3, 0.4) is 0 Å². The molecule has 2 N–H and O–H groups in total. The molecule has 1 rings (SSSR count). The Hall–Kier alpha value is -0.700. The van der Waals surface area contributed by atoms with Crippen LogP contribution >= 0.6 is 11.6 Å². The summed E-state index contributed by atoms with van der Waals surface area (Å²) in [6.45, 7) is 6.23. The standard InChI is InChI=1S/C8H13ClN2O/c1-4(2)5(3)7-6(9)8(10)11-12-7/h4-5H,1-3H3,(H2,10,11). The highest BCUT2D eigenvalue weighted by molar-refractivity contribution is 6.33. The molecule has 0 amide bonds. The van der Waals surface area contributed by atoms with Crippen LogP contribution in [0.5, 0.6) is 0 Å². The molecule has 0 saturated heterocycles. The molecule has 0 aliphatic rings. The smallest absolute Gasteiger partial charge is 0.186 e. The molecule has 12 heavy (non-hydrogen) atoms. The fourth-order valence-electron chi connectivity index (χ4n) is 0.890. The summed E-state index contributed by atoms with van der Waals surface area (Å²) in [5.74, 6) is 1.68. The largest absolute Gasteiger partial charge is 0.380 e. The molecule has 1 unspecified atom stereocenters. The van der Waals surface area contributed by atoms with Gasteiger partial charge in [-0.25, -0.2) is 0 Å². The van der Waals surface area contributed by atoms with Crippen LogP contribution in [-0.2, 0) is 0 Å². The highest BCUT2D eigenvalue weighted by Gasteiger charge is 2.20. The van der Waals surface area contributed by atoms with Gasteiger partial charge < -0.3 is 10.3 Å². The number of nitrogens with two attached hydrogens (primary N) is 1. The number of nitrogens with zero attached hydrogens (tertiary/aromatic N) is 1. The Morgan fingerprint density at radius 1 is 1.42 bits per heavy atom. The van der Waals surface area contributed by atoms with Crippen molar-refractivity contribution in [3.63, 3.8) is 0 Å². The second kappa shape index (κ2) is 3.35. The summed E-state index contributed by atoms with van der Waals surface area (Å²) in [4.78, 5) is 0. The molecule has 1 aromatic heterocycles. The summed E-state index contributed by atoms with van der Waals surface area (Å²) in [5.41, 5.74) is 5.44. The SMILES string of the molecule is CC(C)C(C)c1onc(N)c1Cl. The molecule has 3 nitrogen and oxygen atoms in total. The zero-order valence-electron chi connectivity index (χ0n) is 7.47. The molecule has 1 aromatic rings. The topological polar surface area (TPSA) is 52.0 Å². The number of rotatable bonds is 2. The number of hydrogen-bond acceptors (Lipinski definition) is 3. The van der Waals surface area contributed by atoms with E-state index in [2.05, 4.69) is 19.0 Å². The minimum absolute atomic E-state index is 0.252. The Morgan fingerprint density at radius 3 is 2.33 bits per heavy atom. The van der Waals surface area contributed by atoms with Crippen molar-refractivity contribution in [2.45, 2.75) is 26.7 Å². The summed E-state index contributed by atoms with van der Waals surface area (Å²) in [6, 6.07) is 0. The normalized spacial score (nSPS) is 13.8. The second-order valence-electron chi connectivity index (χ2n) is 3.28. The lowest BCUT2D eigenvalue weighted by atomic mass is 9.96. The molecule has 0 radical (unpaired) electrons. The van der Waals surface area contributed by atoms with Gasteiger partial charge in [0.2, 0.25) is 0 Å². The van der Waals surface area contributed by atoms with E-state index in [9.17, 15) is 0 Å².